The standard InChI is InChI=1S/C16H28N4O.ClH/c1-11(2)10-20-13(4)15(12(3)18-20)8-16(21)19(5)14-6-7-17-9-14;/h11,14,17H,6-10H2,1-5H3;1H. The van der Waals surface area contributed by atoms with Crippen molar-refractivity contribution in [1.29, 1.82) is 0 Å². The summed E-state index contributed by atoms with van der Waals surface area (Å²) < 4.78 is 2.04. The minimum atomic E-state index is 0. The van der Waals surface area contributed by atoms with Gasteiger partial charge >= 0.3 is 0 Å². The molecule has 5 nitrogen and oxygen atoms in total. The number of halogens is 1. The van der Waals surface area contributed by atoms with Crippen LogP contribution in [0.3, 0.4) is 0 Å². The predicted octanol–water partition coefficient (Wildman–Crippen LogP) is 1.94. The SMILES string of the molecule is Cc1nn(CC(C)C)c(C)c1CC(=O)N(C)C1CCNC1.Cl. The summed E-state index contributed by atoms with van der Waals surface area (Å²) in [6.45, 7) is 11.3. The van der Waals surface area contributed by atoms with Crippen LogP contribution in [-0.2, 0) is 17.8 Å². The Balaban J connectivity index is 0.00000242. The third-order valence-electron chi connectivity index (χ3n) is 4.37. The Labute approximate surface area is 139 Å². The van der Waals surface area contributed by atoms with Gasteiger partial charge < -0.3 is 10.2 Å². The van der Waals surface area contributed by atoms with Crippen molar-refractivity contribution >= 4 is 18.3 Å². The zero-order valence-corrected chi connectivity index (χ0v) is 15.2. The van der Waals surface area contributed by atoms with Crippen LogP contribution in [0, 0.1) is 19.8 Å². The molecule has 1 N–H and O–H groups in total. The van der Waals surface area contributed by atoms with Crippen molar-refractivity contribution in [3.8, 4) is 0 Å². The molecule has 2 rings (SSSR count). The number of rotatable bonds is 5. The van der Waals surface area contributed by atoms with E-state index in [1.54, 1.807) is 0 Å². The van der Waals surface area contributed by atoms with E-state index in [-0.39, 0.29) is 18.3 Å². The second-order valence-corrected chi connectivity index (χ2v) is 6.55. The molecule has 1 aliphatic rings. The van der Waals surface area contributed by atoms with Gasteiger partial charge in [0.2, 0.25) is 5.91 Å². The number of aromatic nitrogens is 2. The number of hydrogen-bond donors (Lipinski definition) is 1. The van der Waals surface area contributed by atoms with Crippen LogP contribution in [0.15, 0.2) is 0 Å². The van der Waals surface area contributed by atoms with Crippen molar-refractivity contribution in [2.45, 2.75) is 53.1 Å². The molecule has 1 amide bonds. The molecule has 0 aromatic carbocycles. The van der Waals surface area contributed by atoms with Gasteiger partial charge in [0, 0.05) is 37.4 Å². The Morgan fingerprint density at radius 1 is 1.45 bits per heavy atom. The van der Waals surface area contributed by atoms with Crippen LogP contribution in [0.2, 0.25) is 0 Å². The van der Waals surface area contributed by atoms with Gasteiger partial charge in [0.25, 0.3) is 0 Å². The van der Waals surface area contributed by atoms with Crippen LogP contribution in [0.4, 0.5) is 0 Å². The molecule has 22 heavy (non-hydrogen) atoms. The summed E-state index contributed by atoms with van der Waals surface area (Å²) in [5.74, 6) is 0.748. The number of aryl methyl sites for hydroxylation is 1. The van der Waals surface area contributed by atoms with Gasteiger partial charge in [-0.1, -0.05) is 13.8 Å². The van der Waals surface area contributed by atoms with E-state index in [1.807, 2.05) is 23.6 Å². The van der Waals surface area contributed by atoms with Crippen molar-refractivity contribution in [3.63, 3.8) is 0 Å². The molecule has 0 bridgehead atoms. The highest BCUT2D eigenvalue weighted by Gasteiger charge is 2.24. The molecule has 1 unspecified atom stereocenters. The second kappa shape index (κ2) is 7.97. The average Bonchev–Trinajstić information content (AvgIpc) is 3.02. The molecule has 1 atom stereocenters. The normalized spacial score (nSPS) is 17.6. The lowest BCUT2D eigenvalue weighted by molar-refractivity contribution is -0.130. The largest absolute Gasteiger partial charge is 0.341 e. The minimum absolute atomic E-state index is 0. The molecule has 1 aromatic rings. The highest BCUT2D eigenvalue weighted by molar-refractivity contribution is 5.85. The van der Waals surface area contributed by atoms with E-state index in [2.05, 4.69) is 31.2 Å². The van der Waals surface area contributed by atoms with Gasteiger partial charge in [-0.2, -0.15) is 5.10 Å². The molecule has 6 heteroatoms. The molecule has 1 fully saturated rings. The molecule has 1 saturated heterocycles. The maximum Gasteiger partial charge on any atom is 0.227 e. The quantitative estimate of drug-likeness (QED) is 0.898. The summed E-state index contributed by atoms with van der Waals surface area (Å²) in [4.78, 5) is 14.4. The zero-order valence-electron chi connectivity index (χ0n) is 14.3. The third kappa shape index (κ3) is 4.23. The molecule has 0 saturated carbocycles. The third-order valence-corrected chi connectivity index (χ3v) is 4.37. The molecular formula is C16H29ClN4O. The van der Waals surface area contributed by atoms with Gasteiger partial charge in [-0.05, 0) is 32.7 Å². The fourth-order valence-electron chi connectivity index (χ4n) is 2.96. The van der Waals surface area contributed by atoms with Gasteiger partial charge in [-0.3, -0.25) is 9.48 Å². The Kier molecular flexibility index (Phi) is 6.88. The molecule has 126 valence electrons. The van der Waals surface area contributed by atoms with E-state index in [0.29, 0.717) is 18.4 Å². The average molecular weight is 329 g/mol. The first-order valence-corrected chi connectivity index (χ1v) is 7.89. The summed E-state index contributed by atoms with van der Waals surface area (Å²) in [5.41, 5.74) is 3.21. The minimum Gasteiger partial charge on any atom is -0.341 e. The first-order valence-electron chi connectivity index (χ1n) is 7.89. The Morgan fingerprint density at radius 3 is 2.68 bits per heavy atom. The number of likely N-dealkylation sites (N-methyl/N-ethyl adjacent to an activating group) is 1. The molecule has 0 spiro atoms. The monoisotopic (exact) mass is 328 g/mol. The smallest absolute Gasteiger partial charge is 0.227 e. The maximum atomic E-state index is 12.5. The lowest BCUT2D eigenvalue weighted by Crippen LogP contribution is -2.39. The summed E-state index contributed by atoms with van der Waals surface area (Å²) in [5, 5.41) is 7.90. The highest BCUT2D eigenvalue weighted by atomic mass is 35.5. The first kappa shape index (κ1) is 19.0. The number of carbonyl (C=O) groups is 1. The van der Waals surface area contributed by atoms with Crippen LogP contribution in [0.25, 0.3) is 0 Å². The molecule has 1 aliphatic heterocycles. The van der Waals surface area contributed by atoms with Gasteiger partial charge in [-0.15, -0.1) is 12.4 Å². The number of carbonyl (C=O) groups excluding carboxylic acids is 1. The number of amides is 1. The molecule has 0 radical (unpaired) electrons. The maximum absolute atomic E-state index is 12.5. The summed E-state index contributed by atoms with van der Waals surface area (Å²) in [6, 6.07) is 0.337. The van der Waals surface area contributed by atoms with E-state index >= 15 is 0 Å². The van der Waals surface area contributed by atoms with Crippen molar-refractivity contribution < 1.29 is 4.79 Å². The van der Waals surface area contributed by atoms with Crippen molar-refractivity contribution in [3.05, 3.63) is 17.0 Å². The summed E-state index contributed by atoms with van der Waals surface area (Å²) in [6.07, 6.45) is 1.51. The van der Waals surface area contributed by atoms with Crippen LogP contribution in [-0.4, -0.2) is 46.8 Å². The van der Waals surface area contributed by atoms with Crippen LogP contribution in [0.5, 0.6) is 0 Å². The highest BCUT2D eigenvalue weighted by Crippen LogP contribution is 2.17. The zero-order chi connectivity index (χ0) is 15.6. The fourth-order valence-corrected chi connectivity index (χ4v) is 2.96. The van der Waals surface area contributed by atoms with E-state index < -0.39 is 0 Å². The fraction of sp³-hybridized carbons (Fsp3) is 0.750. The molecule has 1 aromatic heterocycles. The predicted molar refractivity (Wildman–Crippen MR) is 91.5 cm³/mol. The van der Waals surface area contributed by atoms with E-state index in [9.17, 15) is 4.79 Å². The number of hydrogen-bond acceptors (Lipinski definition) is 3. The van der Waals surface area contributed by atoms with E-state index in [0.717, 1.165) is 43.0 Å². The van der Waals surface area contributed by atoms with Gasteiger partial charge in [0.1, 0.15) is 0 Å². The Bertz CT molecular complexity index is 506. The Hall–Kier alpha value is -1.07. The van der Waals surface area contributed by atoms with Crippen LogP contribution in [0.1, 0.15) is 37.2 Å². The van der Waals surface area contributed by atoms with Crippen molar-refractivity contribution in [2.75, 3.05) is 20.1 Å². The molecular weight excluding hydrogens is 300 g/mol. The second-order valence-electron chi connectivity index (χ2n) is 6.55. The molecule has 0 aliphatic carbocycles. The van der Waals surface area contributed by atoms with E-state index in [1.165, 1.54) is 0 Å². The lowest BCUT2D eigenvalue weighted by atomic mass is 10.1. The Morgan fingerprint density at radius 2 is 2.14 bits per heavy atom. The summed E-state index contributed by atoms with van der Waals surface area (Å²) >= 11 is 0. The van der Waals surface area contributed by atoms with Crippen molar-refractivity contribution in [2.24, 2.45) is 5.92 Å². The topological polar surface area (TPSA) is 50.2 Å². The van der Waals surface area contributed by atoms with Crippen molar-refractivity contribution in [1.82, 2.24) is 20.0 Å². The van der Waals surface area contributed by atoms with Gasteiger partial charge in [0.15, 0.2) is 0 Å². The summed E-state index contributed by atoms with van der Waals surface area (Å²) in [7, 11) is 1.92. The number of nitrogens with one attached hydrogen (secondary N) is 1. The first-order chi connectivity index (χ1) is 9.90. The molecule has 2 heterocycles. The van der Waals surface area contributed by atoms with Crippen LogP contribution < -0.4 is 5.32 Å². The van der Waals surface area contributed by atoms with Gasteiger partial charge in [0.05, 0.1) is 12.1 Å². The number of nitrogens with zero attached hydrogens (tertiary/aromatic N) is 3. The lowest BCUT2D eigenvalue weighted by Gasteiger charge is -2.23. The van der Waals surface area contributed by atoms with E-state index in [4.69, 9.17) is 0 Å². The van der Waals surface area contributed by atoms with Gasteiger partial charge in [-0.25, -0.2) is 0 Å². The van der Waals surface area contributed by atoms with Crippen LogP contribution >= 0.6 is 12.4 Å².